The zero-order valence-corrected chi connectivity index (χ0v) is 12.5. The molecule has 112 valence electrons. The molecular formula is C17H21NO3. The molecule has 0 radical (unpaired) electrons. The molecule has 0 spiro atoms. The number of aliphatic hydroxyl groups excluding tert-OH is 1. The van der Waals surface area contributed by atoms with Gasteiger partial charge in [-0.05, 0) is 44.4 Å². The van der Waals surface area contributed by atoms with Gasteiger partial charge in [0.05, 0.1) is 5.60 Å². The molecule has 1 heterocycles. The smallest absolute Gasteiger partial charge is 0.254 e. The molecule has 1 fully saturated rings. The molecule has 4 nitrogen and oxygen atoms in total. The number of hydrogen-bond acceptors (Lipinski definition) is 3. The van der Waals surface area contributed by atoms with Gasteiger partial charge in [-0.15, -0.1) is 0 Å². The normalized spacial score (nSPS) is 17.0. The van der Waals surface area contributed by atoms with E-state index >= 15 is 0 Å². The molecule has 21 heavy (non-hydrogen) atoms. The highest BCUT2D eigenvalue weighted by molar-refractivity contribution is 5.96. The molecule has 1 aliphatic rings. The zero-order chi connectivity index (χ0) is 15.5. The van der Waals surface area contributed by atoms with Crippen LogP contribution in [0, 0.1) is 18.8 Å². The second kappa shape index (κ2) is 6.30. The van der Waals surface area contributed by atoms with E-state index in [1.165, 1.54) is 0 Å². The number of carbonyl (C=O) groups excluding carboxylic acids is 1. The number of likely N-dealkylation sites (tertiary alicyclic amines) is 1. The fraction of sp³-hybridized carbons (Fsp3) is 0.471. The Labute approximate surface area is 125 Å². The first-order chi connectivity index (χ1) is 9.93. The van der Waals surface area contributed by atoms with Crippen molar-refractivity contribution in [2.24, 2.45) is 0 Å². The van der Waals surface area contributed by atoms with E-state index in [4.69, 9.17) is 5.11 Å². The van der Waals surface area contributed by atoms with Crippen LogP contribution in [0.4, 0.5) is 0 Å². The van der Waals surface area contributed by atoms with E-state index in [1.807, 2.05) is 26.0 Å². The number of nitrogens with zero attached hydrogens (tertiary/aromatic N) is 1. The average Bonchev–Trinajstić information content (AvgIpc) is 2.46. The summed E-state index contributed by atoms with van der Waals surface area (Å²) in [5.41, 5.74) is 1.61. The van der Waals surface area contributed by atoms with Gasteiger partial charge in [0.1, 0.15) is 6.61 Å². The van der Waals surface area contributed by atoms with Gasteiger partial charge in [-0.1, -0.05) is 17.9 Å². The first-order valence-corrected chi connectivity index (χ1v) is 7.15. The Morgan fingerprint density at radius 1 is 1.38 bits per heavy atom. The average molecular weight is 287 g/mol. The largest absolute Gasteiger partial charge is 0.390 e. The number of benzene rings is 1. The summed E-state index contributed by atoms with van der Waals surface area (Å²) in [5.74, 6) is 5.39. The van der Waals surface area contributed by atoms with Gasteiger partial charge in [0, 0.05) is 24.2 Å². The molecule has 1 aromatic carbocycles. The predicted molar refractivity (Wildman–Crippen MR) is 80.9 cm³/mol. The number of hydrogen-bond donors (Lipinski definition) is 2. The molecule has 1 aromatic rings. The molecule has 0 aliphatic carbocycles. The van der Waals surface area contributed by atoms with Gasteiger partial charge in [0.25, 0.3) is 5.91 Å². The van der Waals surface area contributed by atoms with E-state index in [0.29, 0.717) is 31.5 Å². The fourth-order valence-corrected chi connectivity index (χ4v) is 2.43. The van der Waals surface area contributed by atoms with Crippen LogP contribution < -0.4 is 0 Å². The summed E-state index contributed by atoms with van der Waals surface area (Å²) in [4.78, 5) is 14.4. The van der Waals surface area contributed by atoms with Crippen molar-refractivity contribution in [2.45, 2.75) is 32.3 Å². The zero-order valence-electron chi connectivity index (χ0n) is 12.5. The lowest BCUT2D eigenvalue weighted by Gasteiger charge is -2.36. The van der Waals surface area contributed by atoms with Crippen molar-refractivity contribution >= 4 is 5.91 Å². The van der Waals surface area contributed by atoms with Crippen molar-refractivity contribution in [3.05, 3.63) is 34.9 Å². The van der Waals surface area contributed by atoms with E-state index in [1.54, 1.807) is 11.0 Å². The SMILES string of the molecule is Cc1ccc(C#CCO)cc1C(=O)N1CCC(C)(O)CC1. The lowest BCUT2D eigenvalue weighted by molar-refractivity contribution is -0.00204. The van der Waals surface area contributed by atoms with Crippen molar-refractivity contribution in [1.29, 1.82) is 0 Å². The van der Waals surface area contributed by atoms with Crippen molar-refractivity contribution in [1.82, 2.24) is 4.90 Å². The number of aliphatic hydroxyl groups is 2. The van der Waals surface area contributed by atoms with Crippen LogP contribution in [-0.4, -0.2) is 46.3 Å². The highest BCUT2D eigenvalue weighted by Gasteiger charge is 2.30. The minimum Gasteiger partial charge on any atom is -0.390 e. The van der Waals surface area contributed by atoms with Crippen molar-refractivity contribution in [3.63, 3.8) is 0 Å². The molecule has 0 bridgehead atoms. The molecule has 2 rings (SSSR count). The minimum absolute atomic E-state index is 0.0179. The number of aryl methyl sites for hydroxylation is 1. The summed E-state index contributed by atoms with van der Waals surface area (Å²) in [7, 11) is 0. The maximum absolute atomic E-state index is 12.6. The monoisotopic (exact) mass is 287 g/mol. The van der Waals surface area contributed by atoms with E-state index < -0.39 is 5.60 Å². The van der Waals surface area contributed by atoms with Crippen LogP contribution in [0.25, 0.3) is 0 Å². The molecule has 1 saturated heterocycles. The molecular weight excluding hydrogens is 266 g/mol. The van der Waals surface area contributed by atoms with Gasteiger partial charge in [0.2, 0.25) is 0 Å². The third-order valence-electron chi connectivity index (χ3n) is 3.91. The lowest BCUT2D eigenvalue weighted by atomic mass is 9.93. The standard InChI is InChI=1S/C17H21NO3/c1-13-5-6-14(4-3-11-19)12-15(13)16(20)18-9-7-17(2,21)8-10-18/h5-6,12,19,21H,7-11H2,1-2H3. The van der Waals surface area contributed by atoms with Gasteiger partial charge in [0.15, 0.2) is 0 Å². The number of piperidine rings is 1. The first kappa shape index (κ1) is 15.6. The predicted octanol–water partition coefficient (Wildman–Crippen LogP) is 1.33. The Morgan fingerprint density at radius 2 is 2.05 bits per heavy atom. The van der Waals surface area contributed by atoms with Gasteiger partial charge < -0.3 is 15.1 Å². The summed E-state index contributed by atoms with van der Waals surface area (Å²) < 4.78 is 0. The molecule has 0 unspecified atom stereocenters. The maximum atomic E-state index is 12.6. The van der Waals surface area contributed by atoms with Crippen LogP contribution in [0.3, 0.4) is 0 Å². The van der Waals surface area contributed by atoms with Crippen molar-refractivity contribution in [2.75, 3.05) is 19.7 Å². The minimum atomic E-state index is -0.666. The van der Waals surface area contributed by atoms with E-state index in [0.717, 1.165) is 11.1 Å². The molecule has 1 aliphatic heterocycles. The van der Waals surface area contributed by atoms with Gasteiger partial charge in [-0.25, -0.2) is 0 Å². The second-order valence-corrected chi connectivity index (χ2v) is 5.78. The van der Waals surface area contributed by atoms with E-state index in [9.17, 15) is 9.90 Å². The molecule has 0 aromatic heterocycles. The Morgan fingerprint density at radius 3 is 2.67 bits per heavy atom. The molecule has 1 amide bonds. The summed E-state index contributed by atoms with van der Waals surface area (Å²) >= 11 is 0. The van der Waals surface area contributed by atoms with Gasteiger partial charge >= 0.3 is 0 Å². The van der Waals surface area contributed by atoms with Crippen molar-refractivity contribution < 1.29 is 15.0 Å². The van der Waals surface area contributed by atoms with Crippen LogP contribution in [0.2, 0.25) is 0 Å². The summed E-state index contributed by atoms with van der Waals surface area (Å²) in [6.07, 6.45) is 1.20. The highest BCUT2D eigenvalue weighted by atomic mass is 16.3. The van der Waals surface area contributed by atoms with Crippen LogP contribution in [0.1, 0.15) is 41.3 Å². The fourth-order valence-electron chi connectivity index (χ4n) is 2.43. The molecule has 2 N–H and O–H groups in total. The second-order valence-electron chi connectivity index (χ2n) is 5.78. The van der Waals surface area contributed by atoms with E-state index in [-0.39, 0.29) is 12.5 Å². The third kappa shape index (κ3) is 3.84. The van der Waals surface area contributed by atoms with Crippen molar-refractivity contribution in [3.8, 4) is 11.8 Å². The Hall–Kier alpha value is -1.83. The third-order valence-corrected chi connectivity index (χ3v) is 3.91. The molecule has 0 atom stereocenters. The summed E-state index contributed by atoms with van der Waals surface area (Å²) in [5, 5.41) is 18.7. The van der Waals surface area contributed by atoms with Crippen LogP contribution in [0.5, 0.6) is 0 Å². The Balaban J connectivity index is 2.19. The summed E-state index contributed by atoms with van der Waals surface area (Å²) in [6, 6.07) is 5.48. The quantitative estimate of drug-likeness (QED) is 0.766. The lowest BCUT2D eigenvalue weighted by Crippen LogP contribution is -2.45. The van der Waals surface area contributed by atoms with E-state index in [2.05, 4.69) is 11.8 Å². The topological polar surface area (TPSA) is 60.8 Å². The Bertz CT molecular complexity index is 586. The number of amides is 1. The summed E-state index contributed by atoms with van der Waals surface area (Å²) in [6.45, 7) is 4.65. The molecule has 0 saturated carbocycles. The number of carbonyl (C=O) groups is 1. The van der Waals surface area contributed by atoms with Crippen LogP contribution in [0.15, 0.2) is 18.2 Å². The van der Waals surface area contributed by atoms with Crippen LogP contribution in [-0.2, 0) is 0 Å². The first-order valence-electron chi connectivity index (χ1n) is 7.15. The van der Waals surface area contributed by atoms with Gasteiger partial charge in [-0.3, -0.25) is 4.79 Å². The van der Waals surface area contributed by atoms with Gasteiger partial charge in [-0.2, -0.15) is 0 Å². The molecule has 4 heteroatoms. The highest BCUT2D eigenvalue weighted by Crippen LogP contribution is 2.23. The maximum Gasteiger partial charge on any atom is 0.254 e. The van der Waals surface area contributed by atoms with Crippen LogP contribution >= 0.6 is 0 Å². The Kier molecular flexibility index (Phi) is 4.66. The number of rotatable bonds is 1.